The van der Waals surface area contributed by atoms with Crippen molar-refractivity contribution in [3.63, 3.8) is 0 Å². The minimum absolute atomic E-state index is 0.298. The molecule has 0 amide bonds. The molecule has 108 valence electrons. The standard InChI is InChI=1S/C13H14BrNO3S2/c1-15(20(16,17)13-6-3-9-19-13)7-8-18-12-5-2-4-11(14)10-12/h2-6,9-10H,7-8H2,1H3. The maximum Gasteiger partial charge on any atom is 0.252 e. The molecule has 0 aliphatic rings. The average molecular weight is 376 g/mol. The van der Waals surface area contributed by atoms with Crippen molar-refractivity contribution in [1.82, 2.24) is 4.31 Å². The summed E-state index contributed by atoms with van der Waals surface area (Å²) in [5, 5.41) is 1.75. The number of thiophene rings is 1. The lowest BCUT2D eigenvalue weighted by atomic mass is 10.3. The van der Waals surface area contributed by atoms with E-state index in [1.807, 2.05) is 24.3 Å². The predicted molar refractivity (Wildman–Crippen MR) is 83.8 cm³/mol. The molecule has 0 spiro atoms. The Bertz CT molecular complexity index is 656. The highest BCUT2D eigenvalue weighted by Gasteiger charge is 2.21. The zero-order valence-corrected chi connectivity index (χ0v) is 14.0. The number of rotatable bonds is 6. The molecule has 0 N–H and O–H groups in total. The van der Waals surface area contributed by atoms with Gasteiger partial charge in [-0.1, -0.05) is 28.1 Å². The van der Waals surface area contributed by atoms with Gasteiger partial charge < -0.3 is 4.74 Å². The minimum atomic E-state index is -3.40. The molecule has 0 unspecified atom stereocenters. The Hall–Kier alpha value is -0.890. The normalized spacial score (nSPS) is 11.8. The third kappa shape index (κ3) is 3.82. The SMILES string of the molecule is CN(CCOc1cccc(Br)c1)S(=O)(=O)c1cccs1. The molecule has 0 saturated heterocycles. The number of halogens is 1. The van der Waals surface area contributed by atoms with E-state index < -0.39 is 10.0 Å². The zero-order valence-electron chi connectivity index (χ0n) is 10.8. The van der Waals surface area contributed by atoms with Crippen LogP contribution in [0, 0.1) is 0 Å². The van der Waals surface area contributed by atoms with Crippen LogP contribution < -0.4 is 4.74 Å². The van der Waals surface area contributed by atoms with Crippen molar-refractivity contribution in [3.8, 4) is 5.75 Å². The summed E-state index contributed by atoms with van der Waals surface area (Å²) in [4.78, 5) is 0. The third-order valence-electron chi connectivity index (χ3n) is 2.63. The van der Waals surface area contributed by atoms with Crippen LogP contribution in [0.2, 0.25) is 0 Å². The first kappa shape index (κ1) is 15.5. The number of nitrogens with zero attached hydrogens (tertiary/aromatic N) is 1. The lowest BCUT2D eigenvalue weighted by Crippen LogP contribution is -2.30. The van der Waals surface area contributed by atoms with Crippen LogP contribution in [-0.2, 0) is 10.0 Å². The van der Waals surface area contributed by atoms with E-state index in [1.54, 1.807) is 24.6 Å². The molecule has 7 heteroatoms. The molecule has 1 heterocycles. The number of ether oxygens (including phenoxy) is 1. The second-order valence-electron chi connectivity index (χ2n) is 4.06. The van der Waals surface area contributed by atoms with E-state index in [-0.39, 0.29) is 0 Å². The predicted octanol–water partition coefficient (Wildman–Crippen LogP) is 3.21. The molecule has 4 nitrogen and oxygen atoms in total. The van der Waals surface area contributed by atoms with Gasteiger partial charge in [-0.15, -0.1) is 11.3 Å². The van der Waals surface area contributed by atoms with Gasteiger partial charge in [0.25, 0.3) is 10.0 Å². The van der Waals surface area contributed by atoms with E-state index in [1.165, 1.54) is 15.6 Å². The maximum absolute atomic E-state index is 12.2. The third-order valence-corrected chi connectivity index (χ3v) is 6.35. The first-order valence-electron chi connectivity index (χ1n) is 5.88. The summed E-state index contributed by atoms with van der Waals surface area (Å²) in [6.45, 7) is 0.601. The zero-order chi connectivity index (χ0) is 14.6. The van der Waals surface area contributed by atoms with Gasteiger partial charge in [0.15, 0.2) is 0 Å². The smallest absolute Gasteiger partial charge is 0.252 e. The molecular formula is C13H14BrNO3S2. The molecule has 0 aliphatic carbocycles. The van der Waals surface area contributed by atoms with E-state index in [9.17, 15) is 8.42 Å². The molecular weight excluding hydrogens is 362 g/mol. The summed E-state index contributed by atoms with van der Waals surface area (Å²) in [5.74, 6) is 0.710. The van der Waals surface area contributed by atoms with Gasteiger partial charge in [0.1, 0.15) is 16.6 Å². The molecule has 0 saturated carbocycles. The Morgan fingerprint density at radius 2 is 2.10 bits per heavy atom. The van der Waals surface area contributed by atoms with Crippen molar-refractivity contribution in [2.45, 2.75) is 4.21 Å². The quantitative estimate of drug-likeness (QED) is 0.778. The number of sulfonamides is 1. The highest BCUT2D eigenvalue weighted by atomic mass is 79.9. The Balaban J connectivity index is 1.91. The van der Waals surface area contributed by atoms with Crippen molar-refractivity contribution < 1.29 is 13.2 Å². The lowest BCUT2D eigenvalue weighted by molar-refractivity contribution is 0.287. The Morgan fingerprint density at radius 1 is 1.30 bits per heavy atom. The lowest BCUT2D eigenvalue weighted by Gasteiger charge is -2.16. The van der Waals surface area contributed by atoms with Crippen molar-refractivity contribution >= 4 is 37.3 Å². The molecule has 1 aromatic carbocycles. The Labute approximate surface area is 131 Å². The van der Waals surface area contributed by atoms with Crippen molar-refractivity contribution in [3.05, 3.63) is 46.3 Å². The number of hydrogen-bond donors (Lipinski definition) is 0. The van der Waals surface area contributed by atoms with Gasteiger partial charge in [-0.25, -0.2) is 8.42 Å². The van der Waals surface area contributed by atoms with Crippen LogP contribution in [0.25, 0.3) is 0 Å². The van der Waals surface area contributed by atoms with Crippen LogP contribution in [0.3, 0.4) is 0 Å². The van der Waals surface area contributed by atoms with E-state index in [0.29, 0.717) is 23.1 Å². The van der Waals surface area contributed by atoms with Gasteiger partial charge in [-0.3, -0.25) is 0 Å². The summed E-state index contributed by atoms with van der Waals surface area (Å²) < 4.78 is 32.4. The minimum Gasteiger partial charge on any atom is -0.492 e. The molecule has 1 aromatic heterocycles. The van der Waals surface area contributed by atoms with E-state index >= 15 is 0 Å². The summed E-state index contributed by atoms with van der Waals surface area (Å²) in [6.07, 6.45) is 0. The van der Waals surface area contributed by atoms with Crippen molar-refractivity contribution in [2.75, 3.05) is 20.2 Å². The summed E-state index contributed by atoms with van der Waals surface area (Å²) >= 11 is 4.57. The van der Waals surface area contributed by atoms with Crippen LogP contribution in [0.15, 0.2) is 50.5 Å². The molecule has 0 atom stereocenters. The average Bonchev–Trinajstić information content (AvgIpc) is 2.93. The monoisotopic (exact) mass is 375 g/mol. The van der Waals surface area contributed by atoms with E-state index in [2.05, 4.69) is 15.9 Å². The van der Waals surface area contributed by atoms with Gasteiger partial charge in [0, 0.05) is 18.1 Å². The first-order chi connectivity index (χ1) is 9.50. The van der Waals surface area contributed by atoms with Gasteiger partial charge >= 0.3 is 0 Å². The van der Waals surface area contributed by atoms with Crippen LogP contribution in [0.5, 0.6) is 5.75 Å². The number of benzene rings is 1. The van der Waals surface area contributed by atoms with Crippen LogP contribution >= 0.6 is 27.3 Å². The summed E-state index contributed by atoms with van der Waals surface area (Å²) in [7, 11) is -1.84. The van der Waals surface area contributed by atoms with Crippen molar-refractivity contribution in [2.24, 2.45) is 0 Å². The summed E-state index contributed by atoms with van der Waals surface area (Å²) in [5.41, 5.74) is 0. The maximum atomic E-state index is 12.2. The van der Waals surface area contributed by atoms with Gasteiger partial charge in [0.2, 0.25) is 0 Å². The molecule has 2 aromatic rings. The van der Waals surface area contributed by atoms with Crippen LogP contribution in [0.1, 0.15) is 0 Å². The van der Waals surface area contributed by atoms with E-state index in [4.69, 9.17) is 4.74 Å². The molecule has 20 heavy (non-hydrogen) atoms. The van der Waals surface area contributed by atoms with Crippen LogP contribution in [-0.4, -0.2) is 32.9 Å². The summed E-state index contributed by atoms with van der Waals surface area (Å²) in [6, 6.07) is 10.8. The highest BCUT2D eigenvalue weighted by Crippen LogP contribution is 2.20. The molecule has 2 rings (SSSR count). The van der Waals surface area contributed by atoms with Gasteiger partial charge in [-0.05, 0) is 29.6 Å². The second kappa shape index (κ2) is 6.71. The van der Waals surface area contributed by atoms with Crippen LogP contribution in [0.4, 0.5) is 0 Å². The fraction of sp³-hybridized carbons (Fsp3) is 0.231. The fourth-order valence-corrected chi connectivity index (χ4v) is 4.27. The van der Waals surface area contributed by atoms with Crippen molar-refractivity contribution in [1.29, 1.82) is 0 Å². The Morgan fingerprint density at radius 3 is 2.75 bits per heavy atom. The largest absolute Gasteiger partial charge is 0.492 e. The Kier molecular flexibility index (Phi) is 5.20. The van der Waals surface area contributed by atoms with Gasteiger partial charge in [-0.2, -0.15) is 4.31 Å². The fourth-order valence-electron chi connectivity index (χ4n) is 1.53. The number of likely N-dealkylation sites (N-methyl/N-ethyl adjacent to an activating group) is 1. The number of hydrogen-bond acceptors (Lipinski definition) is 4. The molecule has 0 bridgehead atoms. The van der Waals surface area contributed by atoms with Gasteiger partial charge in [0.05, 0.1) is 0 Å². The van der Waals surface area contributed by atoms with E-state index in [0.717, 1.165) is 4.47 Å². The molecule has 0 aliphatic heterocycles. The first-order valence-corrected chi connectivity index (χ1v) is 8.99. The molecule has 0 radical (unpaired) electrons. The highest BCUT2D eigenvalue weighted by molar-refractivity contribution is 9.10. The molecule has 0 fully saturated rings. The topological polar surface area (TPSA) is 46.6 Å². The second-order valence-corrected chi connectivity index (χ2v) is 8.20.